The molecule has 2 aromatic rings. The number of benzene rings is 2. The zero-order valence-corrected chi connectivity index (χ0v) is 11.3. The zero-order valence-electron chi connectivity index (χ0n) is 11.3. The number of esters is 1. The third kappa shape index (κ3) is 3.71. The van der Waals surface area contributed by atoms with Gasteiger partial charge in [-0.3, -0.25) is 4.79 Å². The van der Waals surface area contributed by atoms with E-state index >= 15 is 0 Å². The first kappa shape index (κ1) is 13.4. The number of carbonyl (C=O) groups is 1. The molecular formula is C16H19NO2. The lowest BCUT2D eigenvalue weighted by atomic mass is 10.1. The molecule has 2 rings (SSSR count). The summed E-state index contributed by atoms with van der Waals surface area (Å²) in [7, 11) is 0. The molecule has 2 aromatic carbocycles. The predicted molar refractivity (Wildman–Crippen MR) is 78.3 cm³/mol. The highest BCUT2D eigenvalue weighted by atomic mass is 16.5. The number of anilines is 1. The molecule has 19 heavy (non-hydrogen) atoms. The van der Waals surface area contributed by atoms with Gasteiger partial charge in [0.2, 0.25) is 0 Å². The minimum atomic E-state index is -0.164. The van der Waals surface area contributed by atoms with Gasteiger partial charge in [-0.05, 0) is 36.8 Å². The second-order valence-corrected chi connectivity index (χ2v) is 4.62. The van der Waals surface area contributed by atoms with Crippen molar-refractivity contribution in [2.75, 3.05) is 11.9 Å². The summed E-state index contributed by atoms with van der Waals surface area (Å²) in [4.78, 5) is 11.4. The van der Waals surface area contributed by atoms with Crippen molar-refractivity contribution >= 4 is 22.4 Å². The Balaban J connectivity index is 2.02. The van der Waals surface area contributed by atoms with Crippen LogP contribution in [0.2, 0.25) is 0 Å². The van der Waals surface area contributed by atoms with E-state index in [0.717, 1.165) is 5.69 Å². The molecule has 0 fully saturated rings. The predicted octanol–water partition coefficient (Wildman–Crippen LogP) is 3.59. The van der Waals surface area contributed by atoms with Gasteiger partial charge in [-0.25, -0.2) is 0 Å². The lowest BCUT2D eigenvalue weighted by Crippen LogP contribution is -2.20. The molecule has 0 saturated heterocycles. The summed E-state index contributed by atoms with van der Waals surface area (Å²) in [5.41, 5.74) is 1.02. The van der Waals surface area contributed by atoms with Crippen molar-refractivity contribution in [1.82, 2.24) is 0 Å². The van der Waals surface area contributed by atoms with Crippen molar-refractivity contribution in [3.63, 3.8) is 0 Å². The highest BCUT2D eigenvalue weighted by Gasteiger charge is 2.09. The summed E-state index contributed by atoms with van der Waals surface area (Å²) in [6.45, 7) is 4.23. The Labute approximate surface area is 113 Å². The van der Waals surface area contributed by atoms with E-state index in [1.54, 1.807) is 0 Å². The fourth-order valence-corrected chi connectivity index (χ4v) is 2.08. The van der Waals surface area contributed by atoms with E-state index in [2.05, 4.69) is 29.6 Å². The quantitative estimate of drug-likeness (QED) is 0.832. The Hall–Kier alpha value is -2.03. The summed E-state index contributed by atoms with van der Waals surface area (Å²) in [5.74, 6) is -0.164. The minimum absolute atomic E-state index is 0.0558. The highest BCUT2D eigenvalue weighted by Crippen LogP contribution is 2.19. The number of hydrogen-bond acceptors (Lipinski definition) is 3. The first-order chi connectivity index (χ1) is 9.19. The van der Waals surface area contributed by atoms with Gasteiger partial charge < -0.3 is 10.1 Å². The summed E-state index contributed by atoms with van der Waals surface area (Å²) in [5, 5.41) is 5.73. The SMILES string of the molecule is CCOC(=O)C[C@H](C)Nc1ccc2ccccc2c1. The minimum Gasteiger partial charge on any atom is -0.466 e. The van der Waals surface area contributed by atoms with Gasteiger partial charge in [0.05, 0.1) is 13.0 Å². The first-order valence-electron chi connectivity index (χ1n) is 6.60. The maximum Gasteiger partial charge on any atom is 0.307 e. The summed E-state index contributed by atoms with van der Waals surface area (Å²) >= 11 is 0. The Morgan fingerprint density at radius 2 is 1.95 bits per heavy atom. The molecule has 3 nitrogen and oxygen atoms in total. The molecule has 0 amide bonds. The van der Waals surface area contributed by atoms with Crippen LogP contribution >= 0.6 is 0 Å². The van der Waals surface area contributed by atoms with Crippen LogP contribution in [0.25, 0.3) is 10.8 Å². The molecule has 0 unspecified atom stereocenters. The average Bonchev–Trinajstić information content (AvgIpc) is 2.38. The lowest BCUT2D eigenvalue weighted by molar-refractivity contribution is -0.143. The molecular weight excluding hydrogens is 238 g/mol. The van der Waals surface area contributed by atoms with Crippen LogP contribution in [0, 0.1) is 0 Å². The van der Waals surface area contributed by atoms with Gasteiger partial charge >= 0.3 is 5.97 Å². The number of carbonyl (C=O) groups excluding carboxylic acids is 1. The summed E-state index contributed by atoms with van der Waals surface area (Å²) in [6, 6.07) is 14.5. The van der Waals surface area contributed by atoms with E-state index in [9.17, 15) is 4.79 Å². The van der Waals surface area contributed by atoms with Gasteiger partial charge in [0.25, 0.3) is 0 Å². The largest absolute Gasteiger partial charge is 0.466 e. The molecule has 0 saturated carbocycles. The van der Waals surface area contributed by atoms with Crippen LogP contribution in [0.3, 0.4) is 0 Å². The van der Waals surface area contributed by atoms with Crippen molar-refractivity contribution in [2.24, 2.45) is 0 Å². The number of fused-ring (bicyclic) bond motifs is 1. The van der Waals surface area contributed by atoms with E-state index in [1.807, 2.05) is 32.0 Å². The van der Waals surface area contributed by atoms with E-state index in [0.29, 0.717) is 13.0 Å². The van der Waals surface area contributed by atoms with Crippen LogP contribution in [-0.2, 0) is 9.53 Å². The van der Waals surface area contributed by atoms with Gasteiger partial charge in [0, 0.05) is 11.7 Å². The second kappa shape index (κ2) is 6.23. The molecule has 0 spiro atoms. The van der Waals surface area contributed by atoms with E-state index in [4.69, 9.17) is 4.74 Å². The molecule has 0 radical (unpaired) electrons. The molecule has 1 N–H and O–H groups in total. The monoisotopic (exact) mass is 257 g/mol. The molecule has 0 bridgehead atoms. The molecule has 100 valence electrons. The topological polar surface area (TPSA) is 38.3 Å². The standard InChI is InChI=1S/C16H19NO2/c1-3-19-16(18)10-12(2)17-15-9-8-13-6-4-5-7-14(13)11-15/h4-9,11-12,17H,3,10H2,1-2H3/t12-/m0/s1. The van der Waals surface area contributed by atoms with E-state index in [-0.39, 0.29) is 12.0 Å². The van der Waals surface area contributed by atoms with Gasteiger partial charge in [-0.2, -0.15) is 0 Å². The normalized spacial score (nSPS) is 12.1. The molecule has 0 aromatic heterocycles. The number of nitrogens with one attached hydrogen (secondary N) is 1. The van der Waals surface area contributed by atoms with Crippen LogP contribution in [0.1, 0.15) is 20.3 Å². The third-order valence-electron chi connectivity index (χ3n) is 2.94. The Kier molecular flexibility index (Phi) is 4.39. The van der Waals surface area contributed by atoms with Crippen molar-refractivity contribution in [3.05, 3.63) is 42.5 Å². The first-order valence-corrected chi connectivity index (χ1v) is 6.60. The van der Waals surface area contributed by atoms with Crippen LogP contribution in [-0.4, -0.2) is 18.6 Å². The Morgan fingerprint density at radius 3 is 2.68 bits per heavy atom. The molecule has 0 aliphatic carbocycles. The zero-order chi connectivity index (χ0) is 13.7. The Bertz CT molecular complexity index is 565. The van der Waals surface area contributed by atoms with Gasteiger partial charge in [-0.15, -0.1) is 0 Å². The van der Waals surface area contributed by atoms with Crippen LogP contribution in [0.5, 0.6) is 0 Å². The fourth-order valence-electron chi connectivity index (χ4n) is 2.08. The van der Waals surface area contributed by atoms with Crippen LogP contribution < -0.4 is 5.32 Å². The van der Waals surface area contributed by atoms with Crippen molar-refractivity contribution in [1.29, 1.82) is 0 Å². The van der Waals surface area contributed by atoms with Gasteiger partial charge in [-0.1, -0.05) is 30.3 Å². The van der Waals surface area contributed by atoms with Gasteiger partial charge in [0.15, 0.2) is 0 Å². The van der Waals surface area contributed by atoms with Crippen LogP contribution in [0.15, 0.2) is 42.5 Å². The van der Waals surface area contributed by atoms with Crippen LogP contribution in [0.4, 0.5) is 5.69 Å². The number of ether oxygens (including phenoxy) is 1. The van der Waals surface area contributed by atoms with Gasteiger partial charge in [0.1, 0.15) is 0 Å². The second-order valence-electron chi connectivity index (χ2n) is 4.62. The van der Waals surface area contributed by atoms with Crippen molar-refractivity contribution in [2.45, 2.75) is 26.3 Å². The lowest BCUT2D eigenvalue weighted by Gasteiger charge is -2.15. The Morgan fingerprint density at radius 1 is 1.21 bits per heavy atom. The van der Waals surface area contributed by atoms with E-state index < -0.39 is 0 Å². The molecule has 1 atom stereocenters. The fraction of sp³-hybridized carbons (Fsp3) is 0.312. The maximum atomic E-state index is 11.4. The van der Waals surface area contributed by atoms with Crippen molar-refractivity contribution in [3.8, 4) is 0 Å². The molecule has 0 heterocycles. The molecule has 0 aliphatic heterocycles. The van der Waals surface area contributed by atoms with E-state index in [1.165, 1.54) is 10.8 Å². The maximum absolute atomic E-state index is 11.4. The van der Waals surface area contributed by atoms with Crippen molar-refractivity contribution < 1.29 is 9.53 Å². The number of hydrogen-bond donors (Lipinski definition) is 1. The average molecular weight is 257 g/mol. The molecule has 0 aliphatic rings. The number of rotatable bonds is 5. The molecule has 3 heteroatoms. The smallest absolute Gasteiger partial charge is 0.307 e. The third-order valence-corrected chi connectivity index (χ3v) is 2.94. The highest BCUT2D eigenvalue weighted by molar-refractivity contribution is 5.85. The summed E-state index contributed by atoms with van der Waals surface area (Å²) < 4.78 is 4.94. The summed E-state index contributed by atoms with van der Waals surface area (Å²) in [6.07, 6.45) is 0.376.